The van der Waals surface area contributed by atoms with Crippen molar-refractivity contribution in [3.05, 3.63) is 18.2 Å². The van der Waals surface area contributed by atoms with Gasteiger partial charge in [0.15, 0.2) is 0 Å². The Morgan fingerprint density at radius 3 is 2.08 bits per heavy atom. The number of rotatable bonds is 1. The van der Waals surface area contributed by atoms with Crippen molar-refractivity contribution < 1.29 is 4.74 Å². The summed E-state index contributed by atoms with van der Waals surface area (Å²) in [5.41, 5.74) is 2.62. The van der Waals surface area contributed by atoms with E-state index in [1.807, 2.05) is 6.07 Å². The van der Waals surface area contributed by atoms with Gasteiger partial charge in [-0.15, -0.1) is 0 Å². The predicted octanol–water partition coefficient (Wildman–Crippen LogP) is 3.51. The molecule has 0 spiro atoms. The second-order valence-corrected chi connectivity index (χ2v) is 5.42. The molecular weight excluding hydrogens is 263 g/mol. The zero-order chi connectivity index (χ0) is 9.14. The van der Waals surface area contributed by atoms with E-state index in [-0.39, 0.29) is 0 Å². The van der Waals surface area contributed by atoms with E-state index in [4.69, 9.17) is 4.74 Å². The lowest BCUT2D eigenvalue weighted by molar-refractivity contribution is 0.418. The largest absolute Gasteiger partial charge is 0.496 e. The fourth-order valence-electron chi connectivity index (χ4n) is 0.904. The SMILES string of the molecule is CC(C)I.COc1ccc2cc1-2. The molecule has 0 aromatic carbocycles. The molecule has 66 valence electrons. The fraction of sp³-hybridized carbons (Fsp3) is 0.400. The molecule has 0 radical (unpaired) electrons. The summed E-state index contributed by atoms with van der Waals surface area (Å²) in [6, 6.07) is 6.16. The molecule has 0 aliphatic heterocycles. The Balaban J connectivity index is 0.000000157. The van der Waals surface area contributed by atoms with E-state index in [9.17, 15) is 0 Å². The third-order valence-electron chi connectivity index (χ3n) is 1.43. The number of methoxy groups -OCH3 is 1. The highest BCUT2D eigenvalue weighted by atomic mass is 127. The van der Waals surface area contributed by atoms with Gasteiger partial charge in [-0.25, -0.2) is 0 Å². The van der Waals surface area contributed by atoms with Crippen LogP contribution in [0.15, 0.2) is 18.2 Å². The summed E-state index contributed by atoms with van der Waals surface area (Å²) in [6.45, 7) is 4.31. The van der Waals surface area contributed by atoms with Gasteiger partial charge in [0.05, 0.1) is 7.11 Å². The first-order chi connectivity index (χ1) is 5.65. The van der Waals surface area contributed by atoms with Crippen LogP contribution in [0.5, 0.6) is 5.75 Å². The van der Waals surface area contributed by atoms with E-state index in [1.54, 1.807) is 7.11 Å². The van der Waals surface area contributed by atoms with Gasteiger partial charge in [-0.1, -0.05) is 42.5 Å². The molecular formula is C10H13IO. The number of benzene rings is 1. The van der Waals surface area contributed by atoms with Gasteiger partial charge in [0, 0.05) is 9.49 Å². The number of fused-ring (bicyclic) bond motifs is 1. The molecule has 0 aromatic rings. The van der Waals surface area contributed by atoms with Crippen molar-refractivity contribution >= 4 is 22.6 Å². The molecule has 0 fully saturated rings. The molecule has 0 aromatic heterocycles. The van der Waals surface area contributed by atoms with Gasteiger partial charge < -0.3 is 4.74 Å². The van der Waals surface area contributed by atoms with Gasteiger partial charge in [0.25, 0.3) is 0 Å². The van der Waals surface area contributed by atoms with Crippen LogP contribution in [0.2, 0.25) is 0 Å². The van der Waals surface area contributed by atoms with E-state index in [2.05, 4.69) is 48.6 Å². The Labute approximate surface area is 87.3 Å². The molecule has 0 saturated heterocycles. The summed E-state index contributed by atoms with van der Waals surface area (Å²) in [4.78, 5) is 0. The molecule has 2 aliphatic rings. The molecule has 0 heterocycles. The lowest BCUT2D eigenvalue weighted by Gasteiger charge is -1.89. The average Bonchev–Trinajstić information content (AvgIpc) is 2.63. The van der Waals surface area contributed by atoms with E-state index in [1.165, 1.54) is 11.1 Å². The molecule has 0 unspecified atom stereocenters. The van der Waals surface area contributed by atoms with Crippen molar-refractivity contribution in [1.29, 1.82) is 0 Å². The predicted molar refractivity (Wildman–Crippen MR) is 61.1 cm³/mol. The zero-order valence-corrected chi connectivity index (χ0v) is 9.75. The molecule has 0 N–H and O–H groups in total. The lowest BCUT2D eigenvalue weighted by atomic mass is 10.5. The molecule has 2 aliphatic carbocycles. The zero-order valence-electron chi connectivity index (χ0n) is 7.60. The van der Waals surface area contributed by atoms with E-state index in [0.29, 0.717) is 0 Å². The van der Waals surface area contributed by atoms with E-state index < -0.39 is 0 Å². The molecule has 12 heavy (non-hydrogen) atoms. The van der Waals surface area contributed by atoms with Gasteiger partial charge in [0.1, 0.15) is 5.75 Å². The monoisotopic (exact) mass is 276 g/mol. The minimum absolute atomic E-state index is 0.803. The van der Waals surface area contributed by atoms with Crippen LogP contribution in [0.3, 0.4) is 0 Å². The maximum atomic E-state index is 5.01. The summed E-state index contributed by atoms with van der Waals surface area (Å²) in [6.07, 6.45) is 0. The molecule has 0 amide bonds. The minimum atomic E-state index is 0.803. The van der Waals surface area contributed by atoms with Crippen LogP contribution >= 0.6 is 22.6 Å². The highest BCUT2D eigenvalue weighted by Crippen LogP contribution is 2.43. The average molecular weight is 276 g/mol. The van der Waals surface area contributed by atoms with Crippen molar-refractivity contribution in [3.63, 3.8) is 0 Å². The van der Waals surface area contributed by atoms with Crippen LogP contribution in [-0.2, 0) is 0 Å². The first kappa shape index (κ1) is 9.84. The van der Waals surface area contributed by atoms with Crippen molar-refractivity contribution in [1.82, 2.24) is 0 Å². The Hall–Kier alpha value is -0.250. The third-order valence-corrected chi connectivity index (χ3v) is 1.43. The molecule has 2 heteroatoms. The highest BCUT2D eigenvalue weighted by Gasteiger charge is 2.16. The number of hydrogen-bond donors (Lipinski definition) is 0. The van der Waals surface area contributed by atoms with Crippen LogP contribution in [0.4, 0.5) is 0 Å². The molecule has 0 atom stereocenters. The van der Waals surface area contributed by atoms with Crippen LogP contribution in [0.1, 0.15) is 13.8 Å². The number of ether oxygens (including phenoxy) is 1. The second-order valence-electron chi connectivity index (χ2n) is 2.93. The molecule has 0 saturated carbocycles. The lowest BCUT2D eigenvalue weighted by Crippen LogP contribution is -1.75. The van der Waals surface area contributed by atoms with Gasteiger partial charge in [0.2, 0.25) is 0 Å². The highest BCUT2D eigenvalue weighted by molar-refractivity contribution is 14.1. The Bertz CT molecular complexity index is 266. The van der Waals surface area contributed by atoms with Crippen LogP contribution in [0, 0.1) is 0 Å². The van der Waals surface area contributed by atoms with Crippen LogP contribution in [-0.4, -0.2) is 11.0 Å². The Morgan fingerprint density at radius 1 is 1.33 bits per heavy atom. The first-order valence-corrected chi connectivity index (χ1v) is 5.22. The Morgan fingerprint density at radius 2 is 1.92 bits per heavy atom. The Kier molecular flexibility index (Phi) is 3.38. The maximum Gasteiger partial charge on any atom is 0.126 e. The fourth-order valence-corrected chi connectivity index (χ4v) is 0.904. The van der Waals surface area contributed by atoms with E-state index >= 15 is 0 Å². The molecule has 0 bridgehead atoms. The first-order valence-electron chi connectivity index (χ1n) is 3.97. The third kappa shape index (κ3) is 2.66. The number of halogens is 1. The van der Waals surface area contributed by atoms with E-state index in [0.717, 1.165) is 9.67 Å². The van der Waals surface area contributed by atoms with Crippen LogP contribution < -0.4 is 4.74 Å². The summed E-state index contributed by atoms with van der Waals surface area (Å²) < 4.78 is 5.81. The molecule has 2 rings (SSSR count). The van der Waals surface area contributed by atoms with Gasteiger partial charge in [-0.05, 0) is 17.7 Å². The summed E-state index contributed by atoms with van der Waals surface area (Å²) >= 11 is 2.34. The van der Waals surface area contributed by atoms with Crippen LogP contribution in [0.25, 0.3) is 11.1 Å². The van der Waals surface area contributed by atoms with Crippen molar-refractivity contribution in [2.75, 3.05) is 7.11 Å². The number of hydrogen-bond acceptors (Lipinski definition) is 1. The minimum Gasteiger partial charge on any atom is -0.496 e. The van der Waals surface area contributed by atoms with Gasteiger partial charge in [-0.2, -0.15) is 0 Å². The molecule has 1 nitrogen and oxygen atoms in total. The smallest absolute Gasteiger partial charge is 0.126 e. The maximum absolute atomic E-state index is 5.01. The van der Waals surface area contributed by atoms with Crippen molar-refractivity contribution in [2.24, 2.45) is 0 Å². The summed E-state index contributed by atoms with van der Waals surface area (Å²) in [5, 5.41) is 0. The topological polar surface area (TPSA) is 9.23 Å². The number of alkyl halides is 1. The van der Waals surface area contributed by atoms with Gasteiger partial charge >= 0.3 is 0 Å². The normalized spacial score (nSPS) is 10.4. The standard InChI is InChI=1S/C7H6O.C3H7I/c1-8-7-3-2-5-4-6(5)7;1-3(2)4/h2-4H,1H3;3H,1-2H3. The quantitative estimate of drug-likeness (QED) is 0.572. The second kappa shape index (κ2) is 4.12. The van der Waals surface area contributed by atoms with Crippen molar-refractivity contribution in [2.45, 2.75) is 17.8 Å². The summed E-state index contributed by atoms with van der Waals surface area (Å²) in [5.74, 6) is 1.01. The summed E-state index contributed by atoms with van der Waals surface area (Å²) in [7, 11) is 1.70. The van der Waals surface area contributed by atoms with Crippen molar-refractivity contribution in [3.8, 4) is 16.9 Å². The van der Waals surface area contributed by atoms with Gasteiger partial charge in [-0.3, -0.25) is 0 Å².